The minimum Gasteiger partial charge on any atom is -0.388 e. The standard InChI is InChI=1S/C20H30N2O3/c1-14(2)9-20(25)22-15(3)10-21(11-16(22)4)12-17-5-7-18(8-6-17)19(24)13-23/h5-8,14-16,23H,9-13H2,1-4H3/t15-,16+. The quantitative estimate of drug-likeness (QED) is 0.803. The smallest absolute Gasteiger partial charge is 0.223 e. The summed E-state index contributed by atoms with van der Waals surface area (Å²) in [5.41, 5.74) is 1.67. The number of hydrogen-bond donors (Lipinski definition) is 1. The molecule has 0 spiro atoms. The van der Waals surface area contributed by atoms with E-state index in [-0.39, 0.29) is 23.8 Å². The molecule has 1 saturated heterocycles. The molecule has 0 unspecified atom stereocenters. The SMILES string of the molecule is CC(C)CC(=O)N1[C@H](C)CN(Cc2ccc(C(=O)CO)cc2)C[C@@H]1C. The van der Waals surface area contributed by atoms with Crippen LogP contribution in [0.4, 0.5) is 0 Å². The lowest BCUT2D eigenvalue weighted by Crippen LogP contribution is -2.58. The summed E-state index contributed by atoms with van der Waals surface area (Å²) in [6.45, 7) is 10.4. The van der Waals surface area contributed by atoms with Crippen molar-refractivity contribution in [2.45, 2.75) is 52.7 Å². The summed E-state index contributed by atoms with van der Waals surface area (Å²) in [5.74, 6) is 0.373. The lowest BCUT2D eigenvalue weighted by atomic mass is 10.0. The fraction of sp³-hybridized carbons (Fsp3) is 0.600. The molecule has 0 saturated carbocycles. The Labute approximate surface area is 150 Å². The van der Waals surface area contributed by atoms with Gasteiger partial charge in [0.25, 0.3) is 0 Å². The van der Waals surface area contributed by atoms with Gasteiger partial charge in [-0.3, -0.25) is 14.5 Å². The largest absolute Gasteiger partial charge is 0.388 e. The molecule has 1 aromatic carbocycles. The van der Waals surface area contributed by atoms with Crippen LogP contribution in [-0.4, -0.2) is 58.4 Å². The summed E-state index contributed by atoms with van der Waals surface area (Å²) < 4.78 is 0. The molecule has 5 nitrogen and oxygen atoms in total. The highest BCUT2D eigenvalue weighted by Crippen LogP contribution is 2.20. The minimum atomic E-state index is -0.458. The van der Waals surface area contributed by atoms with Crippen molar-refractivity contribution in [1.29, 1.82) is 0 Å². The Balaban J connectivity index is 1.97. The van der Waals surface area contributed by atoms with Crippen LogP contribution in [0.2, 0.25) is 0 Å². The van der Waals surface area contributed by atoms with Crippen LogP contribution >= 0.6 is 0 Å². The van der Waals surface area contributed by atoms with Gasteiger partial charge in [-0.15, -0.1) is 0 Å². The average Bonchev–Trinajstić information content (AvgIpc) is 2.53. The van der Waals surface area contributed by atoms with E-state index in [2.05, 4.69) is 32.6 Å². The van der Waals surface area contributed by atoms with Crippen LogP contribution < -0.4 is 0 Å². The molecule has 0 radical (unpaired) electrons. The average molecular weight is 346 g/mol. The number of Topliss-reactive ketones (excluding diaryl/α,β-unsaturated/α-hetero) is 1. The predicted octanol–water partition coefficient (Wildman–Crippen LogP) is 2.33. The van der Waals surface area contributed by atoms with E-state index in [1.54, 1.807) is 12.1 Å². The van der Waals surface area contributed by atoms with Gasteiger partial charge in [-0.05, 0) is 25.3 Å². The van der Waals surface area contributed by atoms with Crippen molar-refractivity contribution in [1.82, 2.24) is 9.80 Å². The molecule has 1 heterocycles. The number of hydrogen-bond acceptors (Lipinski definition) is 4. The molecule has 0 aromatic heterocycles. The molecule has 2 atom stereocenters. The highest BCUT2D eigenvalue weighted by molar-refractivity contribution is 5.96. The van der Waals surface area contributed by atoms with Gasteiger partial charge in [-0.25, -0.2) is 0 Å². The third-order valence-electron chi connectivity index (χ3n) is 4.69. The van der Waals surface area contributed by atoms with Crippen LogP contribution in [0.1, 0.15) is 50.0 Å². The topological polar surface area (TPSA) is 60.9 Å². The molecule has 1 N–H and O–H groups in total. The van der Waals surface area contributed by atoms with Crippen molar-refractivity contribution in [3.05, 3.63) is 35.4 Å². The Bertz CT molecular complexity index is 585. The molecule has 1 aliphatic heterocycles. The number of amides is 1. The van der Waals surface area contributed by atoms with Gasteiger partial charge in [-0.1, -0.05) is 38.1 Å². The van der Waals surface area contributed by atoms with Crippen LogP contribution in [0.5, 0.6) is 0 Å². The van der Waals surface area contributed by atoms with Crippen molar-refractivity contribution in [2.24, 2.45) is 5.92 Å². The van der Waals surface area contributed by atoms with E-state index in [0.29, 0.717) is 17.9 Å². The van der Waals surface area contributed by atoms with Crippen LogP contribution in [0.25, 0.3) is 0 Å². The van der Waals surface area contributed by atoms with Gasteiger partial charge in [0.1, 0.15) is 6.61 Å². The van der Waals surface area contributed by atoms with Crippen molar-refractivity contribution < 1.29 is 14.7 Å². The highest BCUT2D eigenvalue weighted by atomic mass is 16.3. The number of rotatable bonds is 6. The normalized spacial score (nSPS) is 21.6. The summed E-state index contributed by atoms with van der Waals surface area (Å²) in [5, 5.41) is 8.91. The molecule has 0 aliphatic carbocycles. The van der Waals surface area contributed by atoms with Gasteiger partial charge >= 0.3 is 0 Å². The van der Waals surface area contributed by atoms with E-state index in [1.807, 2.05) is 17.0 Å². The maximum Gasteiger partial charge on any atom is 0.223 e. The van der Waals surface area contributed by atoms with Gasteiger partial charge in [0.2, 0.25) is 5.91 Å². The van der Waals surface area contributed by atoms with E-state index >= 15 is 0 Å². The summed E-state index contributed by atoms with van der Waals surface area (Å²) in [6, 6.07) is 7.81. The molecule has 2 rings (SSSR count). The zero-order chi connectivity index (χ0) is 18.6. The van der Waals surface area contributed by atoms with Gasteiger partial charge in [0, 0.05) is 43.7 Å². The van der Waals surface area contributed by atoms with Crippen molar-refractivity contribution >= 4 is 11.7 Å². The number of nitrogens with zero attached hydrogens (tertiary/aromatic N) is 2. The van der Waals surface area contributed by atoms with Crippen molar-refractivity contribution in [3.63, 3.8) is 0 Å². The Hall–Kier alpha value is -1.72. The number of benzene rings is 1. The van der Waals surface area contributed by atoms with E-state index in [4.69, 9.17) is 5.11 Å². The van der Waals surface area contributed by atoms with E-state index in [9.17, 15) is 9.59 Å². The third kappa shape index (κ3) is 5.13. The second-order valence-corrected chi connectivity index (χ2v) is 7.57. The Morgan fingerprint density at radius 1 is 1.12 bits per heavy atom. The second kappa shape index (κ2) is 8.59. The first-order chi connectivity index (χ1) is 11.8. The molecule has 5 heteroatoms. The van der Waals surface area contributed by atoms with Crippen LogP contribution in [-0.2, 0) is 11.3 Å². The van der Waals surface area contributed by atoms with Crippen LogP contribution in [0.3, 0.4) is 0 Å². The maximum absolute atomic E-state index is 12.5. The van der Waals surface area contributed by atoms with Crippen molar-refractivity contribution in [2.75, 3.05) is 19.7 Å². The summed E-state index contributed by atoms with van der Waals surface area (Å²) >= 11 is 0. The number of ketones is 1. The first kappa shape index (κ1) is 19.6. The molecule has 1 aliphatic rings. The fourth-order valence-electron chi connectivity index (χ4n) is 3.65. The fourth-order valence-corrected chi connectivity index (χ4v) is 3.65. The summed E-state index contributed by atoms with van der Waals surface area (Å²) in [4.78, 5) is 28.4. The molecule has 1 fully saturated rings. The zero-order valence-corrected chi connectivity index (χ0v) is 15.7. The Kier molecular flexibility index (Phi) is 6.73. The first-order valence-electron chi connectivity index (χ1n) is 9.08. The van der Waals surface area contributed by atoms with Crippen LogP contribution in [0, 0.1) is 5.92 Å². The molecule has 1 aromatic rings. The van der Waals surface area contributed by atoms with Crippen LogP contribution in [0.15, 0.2) is 24.3 Å². The molecule has 0 bridgehead atoms. The van der Waals surface area contributed by atoms with E-state index in [0.717, 1.165) is 25.2 Å². The van der Waals surface area contributed by atoms with Gasteiger partial charge < -0.3 is 10.0 Å². The minimum absolute atomic E-state index is 0.199. The van der Waals surface area contributed by atoms with Gasteiger partial charge in [-0.2, -0.15) is 0 Å². The molecular weight excluding hydrogens is 316 g/mol. The van der Waals surface area contributed by atoms with E-state index < -0.39 is 6.61 Å². The third-order valence-corrected chi connectivity index (χ3v) is 4.69. The van der Waals surface area contributed by atoms with Crippen molar-refractivity contribution in [3.8, 4) is 0 Å². The first-order valence-corrected chi connectivity index (χ1v) is 9.08. The van der Waals surface area contributed by atoms with Gasteiger partial charge in [0.05, 0.1) is 0 Å². The lowest BCUT2D eigenvalue weighted by Gasteiger charge is -2.45. The summed E-state index contributed by atoms with van der Waals surface area (Å²) in [6.07, 6.45) is 0.606. The number of aliphatic hydroxyl groups is 1. The summed E-state index contributed by atoms with van der Waals surface area (Å²) in [7, 11) is 0. The number of piperazine rings is 1. The predicted molar refractivity (Wildman–Crippen MR) is 98.4 cm³/mol. The molecule has 138 valence electrons. The lowest BCUT2D eigenvalue weighted by molar-refractivity contribution is -0.140. The Morgan fingerprint density at radius 2 is 1.68 bits per heavy atom. The zero-order valence-electron chi connectivity index (χ0n) is 15.7. The molecule has 1 amide bonds. The monoisotopic (exact) mass is 346 g/mol. The molecule has 25 heavy (non-hydrogen) atoms. The number of aliphatic hydroxyl groups excluding tert-OH is 1. The number of carbonyl (C=O) groups is 2. The number of carbonyl (C=O) groups excluding carboxylic acids is 2. The highest BCUT2D eigenvalue weighted by Gasteiger charge is 2.32. The Morgan fingerprint density at radius 3 is 2.16 bits per heavy atom. The maximum atomic E-state index is 12.5. The second-order valence-electron chi connectivity index (χ2n) is 7.57. The van der Waals surface area contributed by atoms with E-state index in [1.165, 1.54) is 0 Å². The molecular formula is C20H30N2O3. The van der Waals surface area contributed by atoms with Gasteiger partial charge in [0.15, 0.2) is 5.78 Å².